The first kappa shape index (κ1) is 25.4. The summed E-state index contributed by atoms with van der Waals surface area (Å²) in [5, 5.41) is 11.5. The predicted molar refractivity (Wildman–Crippen MR) is 118 cm³/mol. The maximum atomic E-state index is 11.9. The average Bonchev–Trinajstić information content (AvgIpc) is 2.65. The second-order valence-corrected chi connectivity index (χ2v) is 7.49. The van der Waals surface area contributed by atoms with Gasteiger partial charge in [-0.2, -0.15) is 0 Å². The molecule has 0 heterocycles. The molecule has 154 valence electrons. The maximum absolute atomic E-state index is 11.9. The van der Waals surface area contributed by atoms with Crippen LogP contribution in [0.1, 0.15) is 78.6 Å². The molecule has 0 aromatic carbocycles. The van der Waals surface area contributed by atoms with Crippen molar-refractivity contribution in [3.05, 3.63) is 48.6 Å². The van der Waals surface area contributed by atoms with E-state index in [4.69, 9.17) is 5.11 Å². The zero-order valence-corrected chi connectivity index (χ0v) is 17.8. The number of aliphatic hydroxyl groups excluding tert-OH is 1. The van der Waals surface area contributed by atoms with Gasteiger partial charge in [0.15, 0.2) is 0 Å². The summed E-state index contributed by atoms with van der Waals surface area (Å²) >= 11 is 0. The summed E-state index contributed by atoms with van der Waals surface area (Å²) < 4.78 is 0. The number of carbonyl (C=O) groups is 1. The lowest BCUT2D eigenvalue weighted by Crippen LogP contribution is -2.38. The smallest absolute Gasteiger partial charge is 0.225 e. The molecule has 0 aromatic heterocycles. The molecule has 3 heteroatoms. The van der Waals surface area contributed by atoms with E-state index >= 15 is 0 Å². The van der Waals surface area contributed by atoms with E-state index in [0.717, 1.165) is 32.1 Å². The third-order valence-electron chi connectivity index (χ3n) is 4.41. The highest BCUT2D eigenvalue weighted by atomic mass is 16.3. The number of unbranched alkanes of at least 4 members (excludes halogenated alkanes) is 3. The molecule has 0 rings (SSSR count). The van der Waals surface area contributed by atoms with E-state index in [-0.39, 0.29) is 12.5 Å². The Morgan fingerprint density at radius 3 is 1.89 bits per heavy atom. The number of nitrogens with one attached hydrogen (secondary N) is 1. The normalized spacial score (nSPS) is 12.9. The Balaban J connectivity index is 3.73. The lowest BCUT2D eigenvalue weighted by atomic mass is 9.86. The van der Waals surface area contributed by atoms with E-state index in [9.17, 15) is 4.79 Å². The van der Waals surface area contributed by atoms with E-state index in [1.54, 1.807) is 0 Å². The van der Waals surface area contributed by atoms with Crippen molar-refractivity contribution < 1.29 is 9.90 Å². The van der Waals surface area contributed by atoms with Crippen LogP contribution in [0.5, 0.6) is 0 Å². The van der Waals surface area contributed by atoms with Crippen molar-refractivity contribution in [3.63, 3.8) is 0 Å². The largest absolute Gasteiger partial charge is 0.395 e. The fourth-order valence-corrected chi connectivity index (χ4v) is 2.53. The molecule has 3 nitrogen and oxygen atoms in total. The second-order valence-electron chi connectivity index (χ2n) is 7.49. The zero-order valence-electron chi connectivity index (χ0n) is 17.8. The second kappa shape index (κ2) is 17.8. The average molecular weight is 376 g/mol. The minimum absolute atomic E-state index is 0.00689. The molecular weight excluding hydrogens is 334 g/mol. The van der Waals surface area contributed by atoms with Crippen LogP contribution in [0.15, 0.2) is 48.6 Å². The van der Waals surface area contributed by atoms with Gasteiger partial charge in [-0.15, -0.1) is 0 Å². The van der Waals surface area contributed by atoms with E-state index in [0.29, 0.717) is 6.54 Å². The number of amides is 1. The predicted octanol–water partition coefficient (Wildman–Crippen LogP) is 5.88. The fourth-order valence-electron chi connectivity index (χ4n) is 2.53. The Kier molecular flexibility index (Phi) is 16.7. The molecule has 0 atom stereocenters. The van der Waals surface area contributed by atoms with Crippen molar-refractivity contribution >= 4 is 5.91 Å². The van der Waals surface area contributed by atoms with E-state index < -0.39 is 5.41 Å². The highest BCUT2D eigenvalue weighted by molar-refractivity contribution is 5.81. The molecular formula is C24H41NO2. The number of hydrogen-bond acceptors (Lipinski definition) is 2. The molecule has 0 aliphatic rings. The summed E-state index contributed by atoms with van der Waals surface area (Å²) in [6.45, 7) is 6.44. The third kappa shape index (κ3) is 16.3. The number of carbonyl (C=O) groups excluding carboxylic acids is 1. The SMILES string of the molecule is CCCCC/C=C/C/C=C/C/C=C/C/C=C/CCC(C)(C)C(=O)NCCO. The van der Waals surface area contributed by atoms with Gasteiger partial charge in [0, 0.05) is 12.0 Å². The number of allylic oxidation sites excluding steroid dienone is 8. The van der Waals surface area contributed by atoms with Gasteiger partial charge < -0.3 is 10.4 Å². The van der Waals surface area contributed by atoms with Crippen LogP contribution in [0, 0.1) is 5.41 Å². The molecule has 0 aliphatic carbocycles. The number of hydrogen-bond donors (Lipinski definition) is 2. The van der Waals surface area contributed by atoms with Crippen LogP contribution in [0.25, 0.3) is 0 Å². The molecule has 0 saturated carbocycles. The van der Waals surface area contributed by atoms with Crippen molar-refractivity contribution in [1.82, 2.24) is 5.32 Å². The molecule has 0 aromatic rings. The van der Waals surface area contributed by atoms with Crippen LogP contribution >= 0.6 is 0 Å². The fraction of sp³-hybridized carbons (Fsp3) is 0.625. The van der Waals surface area contributed by atoms with Crippen molar-refractivity contribution in [2.75, 3.05) is 13.2 Å². The molecule has 0 fully saturated rings. The van der Waals surface area contributed by atoms with Crippen LogP contribution in [0.2, 0.25) is 0 Å². The van der Waals surface area contributed by atoms with Gasteiger partial charge in [0.25, 0.3) is 0 Å². The van der Waals surface area contributed by atoms with E-state index in [2.05, 4.69) is 60.8 Å². The minimum atomic E-state index is -0.398. The van der Waals surface area contributed by atoms with Gasteiger partial charge in [-0.1, -0.05) is 82.2 Å². The molecule has 1 amide bonds. The van der Waals surface area contributed by atoms with Crippen molar-refractivity contribution in [3.8, 4) is 0 Å². The Morgan fingerprint density at radius 1 is 0.852 bits per heavy atom. The van der Waals surface area contributed by atoms with Crippen molar-refractivity contribution in [1.29, 1.82) is 0 Å². The lowest BCUT2D eigenvalue weighted by Gasteiger charge is -2.22. The number of rotatable bonds is 16. The first-order valence-electron chi connectivity index (χ1n) is 10.5. The minimum Gasteiger partial charge on any atom is -0.395 e. The molecule has 0 unspecified atom stereocenters. The van der Waals surface area contributed by atoms with Crippen LogP contribution in [-0.2, 0) is 4.79 Å². The van der Waals surface area contributed by atoms with Crippen LogP contribution in [0.4, 0.5) is 0 Å². The van der Waals surface area contributed by atoms with Gasteiger partial charge in [-0.05, 0) is 44.9 Å². The standard InChI is InChI=1S/C24H41NO2/c1-4-5-6-7-8-9-10-11-12-13-14-15-16-17-18-19-20-24(2,3)23(27)25-21-22-26/h8-9,11-12,14-15,17-18,26H,4-7,10,13,16,19-22H2,1-3H3,(H,25,27)/b9-8+,12-11+,15-14+,18-17+. The third-order valence-corrected chi connectivity index (χ3v) is 4.41. The van der Waals surface area contributed by atoms with Gasteiger partial charge in [0.2, 0.25) is 5.91 Å². The van der Waals surface area contributed by atoms with Gasteiger partial charge in [-0.25, -0.2) is 0 Å². The molecule has 0 aliphatic heterocycles. The highest BCUT2D eigenvalue weighted by Crippen LogP contribution is 2.22. The topological polar surface area (TPSA) is 49.3 Å². The monoisotopic (exact) mass is 375 g/mol. The molecule has 0 saturated heterocycles. The first-order chi connectivity index (χ1) is 13.0. The Hall–Kier alpha value is -1.61. The van der Waals surface area contributed by atoms with Gasteiger partial charge in [0.05, 0.1) is 6.61 Å². The summed E-state index contributed by atoms with van der Waals surface area (Å²) in [5.74, 6) is 0.00689. The Morgan fingerprint density at radius 2 is 1.37 bits per heavy atom. The molecule has 2 N–H and O–H groups in total. The quantitative estimate of drug-likeness (QED) is 0.261. The lowest BCUT2D eigenvalue weighted by molar-refractivity contribution is -0.129. The first-order valence-corrected chi connectivity index (χ1v) is 10.5. The molecule has 0 bridgehead atoms. The number of aliphatic hydroxyl groups is 1. The highest BCUT2D eigenvalue weighted by Gasteiger charge is 2.25. The maximum Gasteiger partial charge on any atom is 0.225 e. The van der Waals surface area contributed by atoms with Crippen molar-refractivity contribution in [2.45, 2.75) is 78.6 Å². The van der Waals surface area contributed by atoms with Gasteiger partial charge >= 0.3 is 0 Å². The van der Waals surface area contributed by atoms with Gasteiger partial charge in [0.1, 0.15) is 0 Å². The summed E-state index contributed by atoms with van der Waals surface area (Å²) in [6.07, 6.45) is 27.4. The summed E-state index contributed by atoms with van der Waals surface area (Å²) in [4.78, 5) is 11.9. The zero-order chi connectivity index (χ0) is 20.2. The van der Waals surface area contributed by atoms with Crippen LogP contribution in [-0.4, -0.2) is 24.2 Å². The summed E-state index contributed by atoms with van der Waals surface area (Å²) in [7, 11) is 0. The van der Waals surface area contributed by atoms with Crippen molar-refractivity contribution in [2.24, 2.45) is 5.41 Å². The molecule has 0 spiro atoms. The Bertz CT molecular complexity index is 473. The van der Waals surface area contributed by atoms with E-state index in [1.165, 1.54) is 25.7 Å². The van der Waals surface area contributed by atoms with Crippen LogP contribution in [0.3, 0.4) is 0 Å². The molecule has 0 radical (unpaired) electrons. The van der Waals surface area contributed by atoms with E-state index in [1.807, 2.05) is 13.8 Å². The van der Waals surface area contributed by atoms with Gasteiger partial charge in [-0.3, -0.25) is 4.79 Å². The Labute approximate surface area is 167 Å². The van der Waals surface area contributed by atoms with Crippen LogP contribution < -0.4 is 5.32 Å². The molecule has 27 heavy (non-hydrogen) atoms. The summed E-state index contributed by atoms with van der Waals surface area (Å²) in [5.41, 5.74) is -0.398. The summed E-state index contributed by atoms with van der Waals surface area (Å²) in [6, 6.07) is 0.